The molecule has 0 aromatic heterocycles. The van der Waals surface area contributed by atoms with Crippen LogP contribution in [-0.2, 0) is 33.1 Å². The number of esters is 2. The maximum absolute atomic E-state index is 13.7. The first-order valence-corrected chi connectivity index (χ1v) is 16.4. The quantitative estimate of drug-likeness (QED) is 0.101. The Kier molecular flexibility index (Phi) is 11.1. The van der Waals surface area contributed by atoms with E-state index in [-0.39, 0.29) is 22.3 Å². The summed E-state index contributed by atoms with van der Waals surface area (Å²) in [6.45, 7) is 17.1. The lowest BCUT2D eigenvalue weighted by atomic mass is 9.86. The van der Waals surface area contributed by atoms with E-state index in [4.69, 9.17) is 9.47 Å². The zero-order valence-corrected chi connectivity index (χ0v) is 28.7. The summed E-state index contributed by atoms with van der Waals surface area (Å²) in [4.78, 5) is 27.4. The van der Waals surface area contributed by atoms with Crippen molar-refractivity contribution in [1.82, 2.24) is 0 Å². The second-order valence-electron chi connectivity index (χ2n) is 14.0. The maximum atomic E-state index is 13.7. The van der Waals surface area contributed by atoms with Crippen LogP contribution < -0.4 is 0 Å². The lowest BCUT2D eigenvalue weighted by Crippen LogP contribution is -2.13. The molecule has 240 valence electrons. The van der Waals surface area contributed by atoms with Crippen molar-refractivity contribution < 1.29 is 19.1 Å². The summed E-state index contributed by atoms with van der Waals surface area (Å²) < 4.78 is 12.4. The number of hydrogen-bond donors (Lipinski definition) is 0. The standard InChI is InChI=1S/C42H48O4/c1-9-11-29-13-17-33(18-14-29)39(43)45-37(31-21-25-35(26-22-31)41(3,4)5)38(32-23-27-36(28-24-32)42(6,7)8)46-40(44)34-19-15-30(12-10-2)16-20-34/h13-28H,9-12H2,1-8H3/b38-37+. The van der Waals surface area contributed by atoms with Crippen LogP contribution in [0.5, 0.6) is 0 Å². The van der Waals surface area contributed by atoms with Gasteiger partial charge in [0.1, 0.15) is 0 Å². The number of hydrogen-bond acceptors (Lipinski definition) is 4. The Morgan fingerprint density at radius 2 is 0.739 bits per heavy atom. The maximum Gasteiger partial charge on any atom is 0.343 e. The number of ether oxygens (including phenoxy) is 2. The van der Waals surface area contributed by atoms with Gasteiger partial charge in [0.2, 0.25) is 0 Å². The molecule has 4 heteroatoms. The monoisotopic (exact) mass is 616 g/mol. The van der Waals surface area contributed by atoms with Crippen molar-refractivity contribution in [3.63, 3.8) is 0 Å². The van der Waals surface area contributed by atoms with Crippen LogP contribution in [-0.4, -0.2) is 11.9 Å². The number of benzene rings is 4. The fourth-order valence-electron chi connectivity index (χ4n) is 5.21. The van der Waals surface area contributed by atoms with Crippen LogP contribution in [0, 0.1) is 0 Å². The molecule has 0 N–H and O–H groups in total. The molecular formula is C42H48O4. The Balaban J connectivity index is 1.87. The molecule has 0 aliphatic rings. The highest BCUT2D eigenvalue weighted by atomic mass is 16.6. The fraction of sp³-hybridized carbons (Fsp3) is 0.333. The summed E-state index contributed by atoms with van der Waals surface area (Å²) in [5.74, 6) is -0.687. The van der Waals surface area contributed by atoms with Gasteiger partial charge in [0, 0.05) is 11.1 Å². The molecule has 0 saturated heterocycles. The SMILES string of the molecule is CCCc1ccc(C(=O)O/C(=C(/OC(=O)c2ccc(CCC)cc2)c2ccc(C(C)(C)C)cc2)c2ccc(C(C)(C)C)cc2)cc1. The first kappa shape index (κ1) is 34.4. The van der Waals surface area contributed by atoms with Gasteiger partial charge in [-0.2, -0.15) is 0 Å². The van der Waals surface area contributed by atoms with E-state index in [1.807, 2.05) is 72.8 Å². The highest BCUT2D eigenvalue weighted by Gasteiger charge is 2.25. The van der Waals surface area contributed by atoms with Gasteiger partial charge in [-0.25, -0.2) is 9.59 Å². The topological polar surface area (TPSA) is 52.6 Å². The largest absolute Gasteiger partial charge is 0.418 e. The first-order chi connectivity index (χ1) is 21.8. The number of aryl methyl sites for hydroxylation is 2. The van der Waals surface area contributed by atoms with Crippen molar-refractivity contribution >= 4 is 23.5 Å². The fourth-order valence-corrected chi connectivity index (χ4v) is 5.21. The minimum absolute atomic E-state index is 0.0681. The Labute approximate surface area is 275 Å². The number of carbonyl (C=O) groups is 2. The average Bonchev–Trinajstić information content (AvgIpc) is 3.03. The van der Waals surface area contributed by atoms with Gasteiger partial charge in [-0.1, -0.05) is 141 Å². The summed E-state index contributed by atoms with van der Waals surface area (Å²) in [7, 11) is 0. The zero-order chi connectivity index (χ0) is 33.5. The van der Waals surface area contributed by atoms with E-state index in [1.54, 1.807) is 24.3 Å². The number of rotatable bonds is 10. The Hall–Kier alpha value is -4.44. The van der Waals surface area contributed by atoms with Gasteiger partial charge in [-0.05, 0) is 70.2 Å². The smallest absolute Gasteiger partial charge is 0.343 e. The molecule has 4 rings (SSSR count). The molecular weight excluding hydrogens is 568 g/mol. The van der Waals surface area contributed by atoms with E-state index in [0.717, 1.165) is 47.9 Å². The van der Waals surface area contributed by atoms with Gasteiger partial charge in [0.25, 0.3) is 0 Å². The zero-order valence-electron chi connectivity index (χ0n) is 28.7. The van der Waals surface area contributed by atoms with Crippen molar-refractivity contribution in [2.45, 2.75) is 91.9 Å². The Morgan fingerprint density at radius 1 is 0.457 bits per heavy atom. The summed E-state index contributed by atoms with van der Waals surface area (Å²) in [6, 6.07) is 30.8. The van der Waals surface area contributed by atoms with Gasteiger partial charge < -0.3 is 9.47 Å². The van der Waals surface area contributed by atoms with E-state index < -0.39 is 11.9 Å². The molecule has 0 amide bonds. The Bertz CT molecular complexity index is 1520. The summed E-state index contributed by atoms with van der Waals surface area (Å²) >= 11 is 0. The molecule has 0 aliphatic carbocycles. The summed E-state index contributed by atoms with van der Waals surface area (Å²) in [5, 5.41) is 0. The Morgan fingerprint density at radius 3 is 1.00 bits per heavy atom. The predicted octanol–water partition coefficient (Wildman–Crippen LogP) is 10.7. The van der Waals surface area contributed by atoms with Crippen LogP contribution in [0.15, 0.2) is 97.1 Å². The van der Waals surface area contributed by atoms with Crippen molar-refractivity contribution in [2.24, 2.45) is 0 Å². The second kappa shape index (κ2) is 14.8. The van der Waals surface area contributed by atoms with E-state index in [9.17, 15) is 9.59 Å². The van der Waals surface area contributed by atoms with Crippen molar-refractivity contribution in [1.29, 1.82) is 0 Å². The minimum Gasteiger partial charge on any atom is -0.418 e. The lowest BCUT2D eigenvalue weighted by molar-refractivity contribution is 0.0646. The molecule has 4 aromatic carbocycles. The third-order valence-corrected chi connectivity index (χ3v) is 8.08. The molecule has 46 heavy (non-hydrogen) atoms. The minimum atomic E-state index is -0.526. The molecule has 0 fully saturated rings. The molecule has 0 unspecified atom stereocenters. The molecule has 4 aromatic rings. The predicted molar refractivity (Wildman–Crippen MR) is 189 cm³/mol. The molecule has 0 saturated carbocycles. The van der Waals surface area contributed by atoms with Crippen molar-refractivity contribution in [3.05, 3.63) is 142 Å². The molecule has 0 spiro atoms. The van der Waals surface area contributed by atoms with Crippen LogP contribution in [0.3, 0.4) is 0 Å². The second-order valence-corrected chi connectivity index (χ2v) is 14.0. The van der Waals surface area contributed by atoms with E-state index >= 15 is 0 Å². The molecule has 0 atom stereocenters. The van der Waals surface area contributed by atoms with Gasteiger partial charge in [-0.15, -0.1) is 0 Å². The van der Waals surface area contributed by atoms with Crippen LogP contribution in [0.4, 0.5) is 0 Å². The van der Waals surface area contributed by atoms with Gasteiger partial charge in [0.15, 0.2) is 11.5 Å². The van der Waals surface area contributed by atoms with Crippen LogP contribution in [0.25, 0.3) is 11.5 Å². The van der Waals surface area contributed by atoms with E-state index in [2.05, 4.69) is 55.4 Å². The molecule has 0 bridgehead atoms. The molecule has 0 radical (unpaired) electrons. The first-order valence-electron chi connectivity index (χ1n) is 16.4. The van der Waals surface area contributed by atoms with Crippen molar-refractivity contribution in [3.8, 4) is 0 Å². The molecule has 4 nitrogen and oxygen atoms in total. The summed E-state index contributed by atoms with van der Waals surface area (Å²) in [5.41, 5.74) is 6.55. The van der Waals surface area contributed by atoms with Crippen molar-refractivity contribution in [2.75, 3.05) is 0 Å². The van der Waals surface area contributed by atoms with Crippen LogP contribution >= 0.6 is 0 Å². The highest BCUT2D eigenvalue weighted by Crippen LogP contribution is 2.34. The molecule has 0 heterocycles. The van der Waals surface area contributed by atoms with Crippen LogP contribution in [0.1, 0.15) is 122 Å². The third kappa shape index (κ3) is 8.84. The molecule has 0 aliphatic heterocycles. The van der Waals surface area contributed by atoms with E-state index in [0.29, 0.717) is 22.3 Å². The third-order valence-electron chi connectivity index (χ3n) is 8.08. The average molecular weight is 617 g/mol. The number of carbonyl (C=O) groups excluding carboxylic acids is 2. The summed E-state index contributed by atoms with van der Waals surface area (Å²) in [6.07, 6.45) is 3.91. The normalized spacial score (nSPS) is 12.3. The van der Waals surface area contributed by atoms with Crippen LogP contribution in [0.2, 0.25) is 0 Å². The van der Waals surface area contributed by atoms with Gasteiger partial charge in [-0.3, -0.25) is 0 Å². The van der Waals surface area contributed by atoms with E-state index in [1.165, 1.54) is 0 Å². The van der Waals surface area contributed by atoms with Gasteiger partial charge in [0.05, 0.1) is 11.1 Å². The van der Waals surface area contributed by atoms with Gasteiger partial charge >= 0.3 is 11.9 Å². The lowest BCUT2D eigenvalue weighted by Gasteiger charge is -2.21. The highest BCUT2D eigenvalue weighted by molar-refractivity contribution is 6.00.